The Morgan fingerprint density at radius 2 is 1.72 bits per heavy atom. The molecule has 0 radical (unpaired) electrons. The van der Waals surface area contributed by atoms with Crippen molar-refractivity contribution in [1.82, 2.24) is 10.7 Å². The number of anilines is 2. The zero-order valence-electron chi connectivity index (χ0n) is 17.1. The predicted molar refractivity (Wildman–Crippen MR) is 114 cm³/mol. The highest BCUT2D eigenvalue weighted by Crippen LogP contribution is 2.23. The van der Waals surface area contributed by atoms with Crippen LogP contribution in [0.5, 0.6) is 5.75 Å². The molecule has 0 saturated carbocycles. The summed E-state index contributed by atoms with van der Waals surface area (Å²) in [7, 11) is 1.48. The van der Waals surface area contributed by atoms with E-state index in [4.69, 9.17) is 4.74 Å². The van der Waals surface area contributed by atoms with Crippen molar-refractivity contribution in [1.29, 1.82) is 0 Å². The standard InChI is InChI=1S/C21H19N5O6/c1-12(27)23-14-5-3-13(4-6-14)18(28)25-22-11-17-19(29)24-21(31)26(20(17)30)15-7-9-16(32-2)10-8-15/h3-11,17H,1-2H3,(H,23,27)(H,25,28)(H,24,29,31)/b22-11-/t17-/m1/s1. The van der Waals surface area contributed by atoms with Gasteiger partial charge >= 0.3 is 6.03 Å². The highest BCUT2D eigenvalue weighted by atomic mass is 16.5. The van der Waals surface area contributed by atoms with E-state index in [9.17, 15) is 24.0 Å². The van der Waals surface area contributed by atoms with Crippen molar-refractivity contribution in [3.05, 3.63) is 54.1 Å². The van der Waals surface area contributed by atoms with Gasteiger partial charge in [0.15, 0.2) is 5.92 Å². The Kier molecular flexibility index (Phi) is 6.59. The number of amides is 6. The number of benzene rings is 2. The number of nitrogens with one attached hydrogen (secondary N) is 3. The van der Waals surface area contributed by atoms with E-state index in [1.165, 1.54) is 50.4 Å². The van der Waals surface area contributed by atoms with Gasteiger partial charge < -0.3 is 10.1 Å². The van der Waals surface area contributed by atoms with Gasteiger partial charge in [-0.3, -0.25) is 24.5 Å². The highest BCUT2D eigenvalue weighted by molar-refractivity contribution is 6.32. The summed E-state index contributed by atoms with van der Waals surface area (Å²) in [5, 5.41) is 8.35. The SMILES string of the molecule is COc1ccc(N2C(=O)NC(=O)[C@@H](/C=N\NC(=O)c3ccc(NC(C)=O)cc3)C2=O)cc1. The largest absolute Gasteiger partial charge is 0.497 e. The lowest BCUT2D eigenvalue weighted by Crippen LogP contribution is -2.58. The molecule has 6 amide bonds. The number of methoxy groups -OCH3 is 1. The molecule has 164 valence electrons. The first-order valence-corrected chi connectivity index (χ1v) is 9.34. The van der Waals surface area contributed by atoms with Crippen molar-refractivity contribution in [3.8, 4) is 5.75 Å². The Labute approximate surface area is 182 Å². The van der Waals surface area contributed by atoms with Crippen LogP contribution in [0.25, 0.3) is 0 Å². The second kappa shape index (κ2) is 9.51. The fourth-order valence-electron chi connectivity index (χ4n) is 2.84. The van der Waals surface area contributed by atoms with E-state index in [-0.39, 0.29) is 17.2 Å². The summed E-state index contributed by atoms with van der Waals surface area (Å²) < 4.78 is 5.05. The number of hydrogen-bond donors (Lipinski definition) is 3. The molecule has 3 N–H and O–H groups in total. The molecule has 1 saturated heterocycles. The summed E-state index contributed by atoms with van der Waals surface area (Å²) in [6.45, 7) is 1.36. The second-order valence-electron chi connectivity index (χ2n) is 6.62. The van der Waals surface area contributed by atoms with Crippen LogP contribution in [0.2, 0.25) is 0 Å². The molecule has 3 rings (SSSR count). The van der Waals surface area contributed by atoms with Crippen molar-refractivity contribution < 1.29 is 28.7 Å². The van der Waals surface area contributed by atoms with Crippen LogP contribution in [0, 0.1) is 5.92 Å². The molecule has 1 heterocycles. The predicted octanol–water partition coefficient (Wildman–Crippen LogP) is 1.27. The fourth-order valence-corrected chi connectivity index (χ4v) is 2.84. The van der Waals surface area contributed by atoms with Crippen LogP contribution in [0.15, 0.2) is 53.6 Å². The molecular formula is C21H19N5O6. The summed E-state index contributed by atoms with van der Waals surface area (Å²) in [6, 6.07) is 11.2. The minimum absolute atomic E-state index is 0.238. The Morgan fingerprint density at radius 3 is 2.31 bits per heavy atom. The number of barbiturate groups is 1. The van der Waals surface area contributed by atoms with Gasteiger partial charge in [0.05, 0.1) is 12.8 Å². The zero-order chi connectivity index (χ0) is 23.3. The molecule has 1 aliphatic heterocycles. The number of carbonyl (C=O) groups is 5. The van der Waals surface area contributed by atoms with Gasteiger partial charge in [-0.2, -0.15) is 5.10 Å². The van der Waals surface area contributed by atoms with Crippen molar-refractivity contribution in [2.75, 3.05) is 17.3 Å². The molecule has 0 unspecified atom stereocenters. The van der Waals surface area contributed by atoms with Crippen molar-refractivity contribution in [2.24, 2.45) is 11.0 Å². The van der Waals surface area contributed by atoms with Crippen molar-refractivity contribution >= 4 is 47.2 Å². The first-order valence-electron chi connectivity index (χ1n) is 9.34. The lowest BCUT2D eigenvalue weighted by molar-refractivity contribution is -0.131. The number of nitrogens with zero attached hydrogens (tertiary/aromatic N) is 2. The smallest absolute Gasteiger partial charge is 0.335 e. The van der Waals surface area contributed by atoms with Crippen LogP contribution in [-0.2, 0) is 14.4 Å². The van der Waals surface area contributed by atoms with Gasteiger partial charge in [-0.1, -0.05) is 0 Å². The van der Waals surface area contributed by atoms with Crippen molar-refractivity contribution in [2.45, 2.75) is 6.92 Å². The monoisotopic (exact) mass is 437 g/mol. The molecular weight excluding hydrogens is 418 g/mol. The van der Waals surface area contributed by atoms with Gasteiger partial charge in [0.25, 0.3) is 11.8 Å². The zero-order valence-corrected chi connectivity index (χ0v) is 17.1. The van der Waals surface area contributed by atoms with E-state index in [1.807, 2.05) is 0 Å². The molecule has 11 nitrogen and oxygen atoms in total. The summed E-state index contributed by atoms with van der Waals surface area (Å²) >= 11 is 0. The number of imide groups is 2. The van der Waals surface area contributed by atoms with Crippen LogP contribution >= 0.6 is 0 Å². The van der Waals surface area contributed by atoms with Gasteiger partial charge in [-0.25, -0.2) is 15.1 Å². The average molecular weight is 437 g/mol. The highest BCUT2D eigenvalue weighted by Gasteiger charge is 2.40. The van der Waals surface area contributed by atoms with Crippen LogP contribution in [0.3, 0.4) is 0 Å². The lowest BCUT2D eigenvalue weighted by atomic mass is 10.1. The van der Waals surface area contributed by atoms with Gasteiger partial charge in [0, 0.05) is 24.4 Å². The average Bonchev–Trinajstić information content (AvgIpc) is 2.76. The number of rotatable bonds is 6. The Balaban J connectivity index is 1.69. The summed E-state index contributed by atoms with van der Waals surface area (Å²) in [6.07, 6.45) is 0.949. The van der Waals surface area contributed by atoms with Crippen molar-refractivity contribution in [3.63, 3.8) is 0 Å². The molecule has 11 heteroatoms. The van der Waals surface area contributed by atoms with Gasteiger partial charge in [-0.15, -0.1) is 0 Å². The molecule has 2 aromatic carbocycles. The molecule has 0 aromatic heterocycles. The molecule has 2 aromatic rings. The molecule has 0 aliphatic carbocycles. The molecule has 0 spiro atoms. The third-order valence-corrected chi connectivity index (χ3v) is 4.39. The van der Waals surface area contributed by atoms with E-state index in [0.717, 1.165) is 11.1 Å². The molecule has 32 heavy (non-hydrogen) atoms. The van der Waals surface area contributed by atoms with Crippen LogP contribution in [0.1, 0.15) is 17.3 Å². The number of hydrazone groups is 1. The van der Waals surface area contributed by atoms with Crippen LogP contribution in [0.4, 0.5) is 16.2 Å². The second-order valence-corrected chi connectivity index (χ2v) is 6.62. The topological polar surface area (TPSA) is 146 Å². The Hall–Kier alpha value is -4.54. The lowest BCUT2D eigenvalue weighted by Gasteiger charge is -2.28. The Morgan fingerprint density at radius 1 is 1.06 bits per heavy atom. The third-order valence-electron chi connectivity index (χ3n) is 4.39. The van der Waals surface area contributed by atoms with Gasteiger partial charge in [0.2, 0.25) is 11.8 Å². The quantitative estimate of drug-likeness (QED) is 0.352. The first-order chi connectivity index (χ1) is 15.3. The van der Waals surface area contributed by atoms with E-state index in [1.54, 1.807) is 12.1 Å². The number of urea groups is 1. The maximum atomic E-state index is 12.7. The summed E-state index contributed by atoms with van der Waals surface area (Å²) in [4.78, 5) is 61.1. The molecule has 1 fully saturated rings. The van der Waals surface area contributed by atoms with Crippen LogP contribution in [-0.4, -0.2) is 43.0 Å². The van der Waals surface area contributed by atoms with E-state index in [2.05, 4.69) is 21.2 Å². The minimum Gasteiger partial charge on any atom is -0.497 e. The van der Waals surface area contributed by atoms with E-state index in [0.29, 0.717) is 11.4 Å². The first kappa shape index (κ1) is 22.2. The van der Waals surface area contributed by atoms with Crippen LogP contribution < -0.4 is 25.7 Å². The third kappa shape index (κ3) is 4.95. The van der Waals surface area contributed by atoms with E-state index < -0.39 is 29.7 Å². The Bertz CT molecular complexity index is 1090. The minimum atomic E-state index is -1.42. The van der Waals surface area contributed by atoms with Gasteiger partial charge in [-0.05, 0) is 48.5 Å². The van der Waals surface area contributed by atoms with E-state index >= 15 is 0 Å². The summed E-state index contributed by atoms with van der Waals surface area (Å²) in [5.41, 5.74) is 3.22. The maximum absolute atomic E-state index is 12.7. The number of carbonyl (C=O) groups excluding carboxylic acids is 5. The normalized spacial score (nSPS) is 16.0. The number of ether oxygens (including phenoxy) is 1. The fraction of sp³-hybridized carbons (Fsp3) is 0.143. The maximum Gasteiger partial charge on any atom is 0.335 e. The summed E-state index contributed by atoms with van der Waals surface area (Å²) in [5.74, 6) is -3.41. The molecule has 0 bridgehead atoms. The number of hydrogen-bond acceptors (Lipinski definition) is 7. The molecule has 1 atom stereocenters. The molecule has 1 aliphatic rings. The van der Waals surface area contributed by atoms with Gasteiger partial charge in [0.1, 0.15) is 5.75 Å².